The molecule has 0 fully saturated rings. The highest BCUT2D eigenvalue weighted by Gasteiger charge is 2.20. The van der Waals surface area contributed by atoms with Gasteiger partial charge in [-0.3, -0.25) is 4.79 Å². The van der Waals surface area contributed by atoms with Gasteiger partial charge in [-0.2, -0.15) is 0 Å². The number of nitrogens with zero attached hydrogens (tertiary/aromatic N) is 3. The first-order valence-electron chi connectivity index (χ1n) is 9.30. The van der Waals surface area contributed by atoms with Crippen molar-refractivity contribution in [2.75, 3.05) is 23.3 Å². The van der Waals surface area contributed by atoms with E-state index in [1.807, 2.05) is 68.4 Å². The quantitative estimate of drug-likeness (QED) is 0.610. The number of aromatic nitrogens is 2. The van der Waals surface area contributed by atoms with Crippen LogP contribution in [0.5, 0.6) is 0 Å². The van der Waals surface area contributed by atoms with Gasteiger partial charge in [-0.25, -0.2) is 9.97 Å². The smallest absolute Gasteiger partial charge is 0.277 e. The zero-order valence-electron chi connectivity index (χ0n) is 16.2. The summed E-state index contributed by atoms with van der Waals surface area (Å²) in [6.07, 6.45) is 1.75. The lowest BCUT2D eigenvalue weighted by Crippen LogP contribution is -2.31. The highest BCUT2D eigenvalue weighted by molar-refractivity contribution is 6.05. The van der Waals surface area contributed by atoms with Crippen LogP contribution >= 0.6 is 0 Å². The molecule has 0 radical (unpaired) electrons. The molecular weight excluding hydrogens is 348 g/mol. The van der Waals surface area contributed by atoms with Crippen LogP contribution in [0.1, 0.15) is 23.0 Å². The lowest BCUT2D eigenvalue weighted by molar-refractivity contribution is 0.0983. The molecule has 1 aromatic heterocycles. The van der Waals surface area contributed by atoms with Gasteiger partial charge in [0.1, 0.15) is 11.5 Å². The molecule has 3 rings (SSSR count). The minimum Gasteiger partial charge on any atom is -0.366 e. The lowest BCUT2D eigenvalue weighted by atomic mass is 10.2. The number of rotatable bonds is 7. The second kappa shape index (κ2) is 8.95. The SMILES string of the molecule is C=CCNc1cc(C(=O)N(CC)c2cccc(C)c2)nc(-c2ccccc2)n1. The Morgan fingerprint density at radius 2 is 1.89 bits per heavy atom. The molecule has 5 heteroatoms. The van der Waals surface area contributed by atoms with Crippen molar-refractivity contribution in [2.24, 2.45) is 0 Å². The maximum Gasteiger partial charge on any atom is 0.277 e. The number of carbonyl (C=O) groups excluding carboxylic acids is 1. The summed E-state index contributed by atoms with van der Waals surface area (Å²) in [7, 11) is 0. The van der Waals surface area contributed by atoms with Crippen LogP contribution in [-0.2, 0) is 0 Å². The molecule has 1 amide bonds. The number of benzene rings is 2. The number of aryl methyl sites for hydroxylation is 1. The molecular formula is C23H24N4O. The molecule has 0 bridgehead atoms. The van der Waals surface area contributed by atoms with E-state index in [0.29, 0.717) is 30.4 Å². The standard InChI is InChI=1S/C23H24N4O/c1-4-14-24-21-16-20(25-22(26-21)18-11-7-6-8-12-18)23(28)27(5-2)19-13-9-10-17(3)15-19/h4,6-13,15-16H,1,5,14H2,2-3H3,(H,24,25,26). The molecule has 2 aromatic carbocycles. The molecule has 1 N–H and O–H groups in total. The molecule has 142 valence electrons. The monoisotopic (exact) mass is 372 g/mol. The van der Waals surface area contributed by atoms with Crippen LogP contribution in [0.25, 0.3) is 11.4 Å². The predicted octanol–water partition coefficient (Wildman–Crippen LogP) is 4.72. The Morgan fingerprint density at radius 3 is 2.57 bits per heavy atom. The van der Waals surface area contributed by atoms with Crippen LogP contribution < -0.4 is 10.2 Å². The average Bonchev–Trinajstić information content (AvgIpc) is 2.73. The summed E-state index contributed by atoms with van der Waals surface area (Å²) in [5.74, 6) is 0.949. The molecule has 5 nitrogen and oxygen atoms in total. The zero-order valence-corrected chi connectivity index (χ0v) is 16.2. The Balaban J connectivity index is 2.03. The van der Waals surface area contributed by atoms with Gasteiger partial charge in [-0.1, -0.05) is 48.5 Å². The molecule has 28 heavy (non-hydrogen) atoms. The van der Waals surface area contributed by atoms with E-state index in [1.54, 1.807) is 17.0 Å². The molecule has 0 atom stereocenters. The Hall–Kier alpha value is -3.47. The summed E-state index contributed by atoms with van der Waals surface area (Å²) in [5.41, 5.74) is 3.17. The Morgan fingerprint density at radius 1 is 1.11 bits per heavy atom. The lowest BCUT2D eigenvalue weighted by Gasteiger charge is -2.21. The molecule has 3 aromatic rings. The van der Waals surface area contributed by atoms with E-state index in [0.717, 1.165) is 16.8 Å². The van der Waals surface area contributed by atoms with Gasteiger partial charge >= 0.3 is 0 Å². The minimum atomic E-state index is -0.158. The number of nitrogens with one attached hydrogen (secondary N) is 1. The summed E-state index contributed by atoms with van der Waals surface area (Å²) >= 11 is 0. The van der Waals surface area contributed by atoms with Crippen LogP contribution in [0.2, 0.25) is 0 Å². The number of amides is 1. The van der Waals surface area contributed by atoms with Crippen molar-refractivity contribution in [3.05, 3.63) is 84.6 Å². The zero-order chi connectivity index (χ0) is 19.9. The summed E-state index contributed by atoms with van der Waals surface area (Å²) in [6.45, 7) is 8.78. The highest BCUT2D eigenvalue weighted by atomic mass is 16.2. The maximum atomic E-state index is 13.3. The first kappa shape index (κ1) is 19.3. The summed E-state index contributed by atoms with van der Waals surface area (Å²) in [4.78, 5) is 24.1. The van der Waals surface area contributed by atoms with Crippen LogP contribution in [0.15, 0.2) is 73.3 Å². The van der Waals surface area contributed by atoms with Gasteiger partial charge in [-0.15, -0.1) is 6.58 Å². The van der Waals surface area contributed by atoms with Gasteiger partial charge in [0.15, 0.2) is 5.82 Å². The normalized spacial score (nSPS) is 10.4. The van der Waals surface area contributed by atoms with Crippen molar-refractivity contribution < 1.29 is 4.79 Å². The molecule has 0 aliphatic heterocycles. The van der Waals surface area contributed by atoms with Gasteiger partial charge in [-0.05, 0) is 31.5 Å². The largest absolute Gasteiger partial charge is 0.366 e. The third-order valence-electron chi connectivity index (χ3n) is 4.28. The van der Waals surface area contributed by atoms with E-state index in [1.165, 1.54) is 0 Å². The average molecular weight is 372 g/mol. The molecule has 0 saturated carbocycles. The fourth-order valence-electron chi connectivity index (χ4n) is 2.92. The van der Waals surface area contributed by atoms with Gasteiger partial charge in [0.05, 0.1) is 0 Å². The van der Waals surface area contributed by atoms with Gasteiger partial charge in [0.2, 0.25) is 0 Å². The van der Waals surface area contributed by atoms with Crippen molar-refractivity contribution in [1.29, 1.82) is 0 Å². The van der Waals surface area contributed by atoms with E-state index < -0.39 is 0 Å². The highest BCUT2D eigenvalue weighted by Crippen LogP contribution is 2.22. The van der Waals surface area contributed by atoms with Crippen LogP contribution in [0.4, 0.5) is 11.5 Å². The minimum absolute atomic E-state index is 0.158. The second-order valence-corrected chi connectivity index (χ2v) is 6.39. The van der Waals surface area contributed by atoms with E-state index in [2.05, 4.69) is 21.9 Å². The van der Waals surface area contributed by atoms with Crippen molar-refractivity contribution in [2.45, 2.75) is 13.8 Å². The van der Waals surface area contributed by atoms with E-state index >= 15 is 0 Å². The molecule has 0 spiro atoms. The van der Waals surface area contributed by atoms with Crippen molar-refractivity contribution >= 4 is 17.4 Å². The molecule has 0 aliphatic carbocycles. The van der Waals surface area contributed by atoms with Crippen LogP contribution in [0.3, 0.4) is 0 Å². The fraction of sp³-hybridized carbons (Fsp3) is 0.174. The fourth-order valence-corrected chi connectivity index (χ4v) is 2.92. The molecule has 1 heterocycles. The molecule has 0 unspecified atom stereocenters. The summed E-state index contributed by atoms with van der Waals surface area (Å²) < 4.78 is 0. The van der Waals surface area contributed by atoms with E-state index in [4.69, 9.17) is 0 Å². The van der Waals surface area contributed by atoms with Gasteiger partial charge in [0, 0.05) is 30.4 Å². The first-order chi connectivity index (χ1) is 13.6. The van der Waals surface area contributed by atoms with Crippen molar-refractivity contribution in [3.63, 3.8) is 0 Å². The third kappa shape index (κ3) is 4.43. The van der Waals surface area contributed by atoms with E-state index in [-0.39, 0.29) is 5.91 Å². The Kier molecular flexibility index (Phi) is 6.17. The number of hydrogen-bond acceptors (Lipinski definition) is 4. The van der Waals surface area contributed by atoms with Gasteiger partial charge < -0.3 is 10.2 Å². The second-order valence-electron chi connectivity index (χ2n) is 6.39. The first-order valence-corrected chi connectivity index (χ1v) is 9.30. The topological polar surface area (TPSA) is 58.1 Å². The number of carbonyl (C=O) groups is 1. The third-order valence-corrected chi connectivity index (χ3v) is 4.28. The van der Waals surface area contributed by atoms with Gasteiger partial charge in [0.25, 0.3) is 5.91 Å². The van der Waals surface area contributed by atoms with Crippen LogP contribution in [-0.4, -0.2) is 29.0 Å². The van der Waals surface area contributed by atoms with E-state index in [9.17, 15) is 4.79 Å². The summed E-state index contributed by atoms with van der Waals surface area (Å²) in [6, 6.07) is 19.2. The molecule has 0 saturated heterocycles. The maximum absolute atomic E-state index is 13.3. The Labute approximate surface area is 165 Å². The Bertz CT molecular complexity index is 969. The summed E-state index contributed by atoms with van der Waals surface area (Å²) in [5, 5.41) is 3.17. The predicted molar refractivity (Wildman–Crippen MR) is 115 cm³/mol. The van der Waals surface area contributed by atoms with Crippen LogP contribution in [0, 0.1) is 6.92 Å². The number of hydrogen-bond donors (Lipinski definition) is 1. The van der Waals surface area contributed by atoms with Crippen molar-refractivity contribution in [3.8, 4) is 11.4 Å². The number of anilines is 2. The molecule has 0 aliphatic rings. The van der Waals surface area contributed by atoms with Crippen molar-refractivity contribution in [1.82, 2.24) is 9.97 Å².